The topological polar surface area (TPSA) is 68.5 Å². The van der Waals surface area contributed by atoms with Crippen molar-refractivity contribution in [3.8, 4) is 11.8 Å². The molecule has 29 heavy (non-hydrogen) atoms. The number of carbonyl (C=O) groups excluding carboxylic acids is 1. The molecule has 5 heteroatoms. The van der Waals surface area contributed by atoms with E-state index >= 15 is 0 Å². The van der Waals surface area contributed by atoms with Crippen LogP contribution in [0, 0.1) is 18.8 Å². The number of fused-ring (bicyclic) bond motifs is 1. The summed E-state index contributed by atoms with van der Waals surface area (Å²) in [5.41, 5.74) is 2.94. The van der Waals surface area contributed by atoms with Gasteiger partial charge in [0.2, 0.25) is 0 Å². The van der Waals surface area contributed by atoms with Crippen LogP contribution < -0.4 is 5.56 Å². The maximum Gasteiger partial charge on any atom is 0.338 e. The Morgan fingerprint density at radius 2 is 2.07 bits per heavy atom. The summed E-state index contributed by atoms with van der Waals surface area (Å²) in [7, 11) is 1.66. The Labute approximate surface area is 170 Å². The molecule has 1 aromatic heterocycles. The third kappa shape index (κ3) is 3.90. The van der Waals surface area contributed by atoms with Crippen LogP contribution in [0.5, 0.6) is 0 Å². The highest BCUT2D eigenvalue weighted by molar-refractivity contribution is 6.19. The number of aliphatic hydroxyl groups is 1. The van der Waals surface area contributed by atoms with Crippen molar-refractivity contribution in [3.63, 3.8) is 0 Å². The number of ether oxygens (including phenoxy) is 1. The van der Waals surface area contributed by atoms with Crippen molar-refractivity contribution in [2.75, 3.05) is 6.61 Å². The van der Waals surface area contributed by atoms with E-state index in [1.165, 1.54) is 4.57 Å². The summed E-state index contributed by atoms with van der Waals surface area (Å²) in [6.45, 7) is 7.40. The maximum atomic E-state index is 12.6. The second-order valence-corrected chi connectivity index (χ2v) is 7.56. The fourth-order valence-electron chi connectivity index (χ4n) is 3.60. The first-order valence-corrected chi connectivity index (χ1v) is 9.58. The van der Waals surface area contributed by atoms with Crippen molar-refractivity contribution in [2.24, 2.45) is 7.05 Å². The second-order valence-electron chi connectivity index (χ2n) is 7.56. The number of rotatable bonds is 3. The Bertz CT molecular complexity index is 1140. The Morgan fingerprint density at radius 3 is 2.72 bits per heavy atom. The molecule has 1 atom stereocenters. The number of nitrogens with zero attached hydrogens (tertiary/aromatic N) is 1. The van der Waals surface area contributed by atoms with Crippen molar-refractivity contribution in [3.05, 3.63) is 74.2 Å². The van der Waals surface area contributed by atoms with Gasteiger partial charge in [-0.15, -0.1) is 0 Å². The van der Waals surface area contributed by atoms with Gasteiger partial charge >= 0.3 is 5.97 Å². The summed E-state index contributed by atoms with van der Waals surface area (Å²) >= 11 is 0. The molecule has 150 valence electrons. The van der Waals surface area contributed by atoms with Crippen LogP contribution in [-0.4, -0.2) is 22.2 Å². The van der Waals surface area contributed by atoms with Gasteiger partial charge in [0, 0.05) is 36.4 Å². The molecule has 0 saturated carbocycles. The number of carbonyl (C=O) groups is 1. The van der Waals surface area contributed by atoms with Gasteiger partial charge in [0.05, 0.1) is 12.2 Å². The van der Waals surface area contributed by atoms with Gasteiger partial charge in [0.15, 0.2) is 0 Å². The zero-order valence-electron chi connectivity index (χ0n) is 17.4. The van der Waals surface area contributed by atoms with Gasteiger partial charge in [-0.25, -0.2) is 4.79 Å². The van der Waals surface area contributed by atoms with Crippen LogP contribution in [0.3, 0.4) is 0 Å². The average molecular weight is 391 g/mol. The first-order chi connectivity index (χ1) is 13.7. The van der Waals surface area contributed by atoms with Crippen LogP contribution in [0.4, 0.5) is 0 Å². The van der Waals surface area contributed by atoms with E-state index in [0.29, 0.717) is 34.2 Å². The third-order valence-electron chi connectivity index (χ3n) is 5.09. The van der Waals surface area contributed by atoms with E-state index in [1.807, 2.05) is 38.1 Å². The van der Waals surface area contributed by atoms with Crippen LogP contribution in [-0.2, 0) is 28.6 Å². The number of allylic oxidation sites excluding steroid dienone is 1. The monoisotopic (exact) mass is 391 g/mol. The molecule has 0 bridgehead atoms. The molecule has 0 saturated heterocycles. The van der Waals surface area contributed by atoms with Crippen LogP contribution >= 0.6 is 0 Å². The summed E-state index contributed by atoms with van der Waals surface area (Å²) in [4.78, 5) is 25.2. The van der Waals surface area contributed by atoms with Crippen molar-refractivity contribution in [2.45, 2.75) is 39.7 Å². The molecule has 1 aromatic carbocycles. The second kappa shape index (κ2) is 7.73. The molecular formula is C24H25NO4. The number of hydrogen-bond donors (Lipinski definition) is 1. The summed E-state index contributed by atoms with van der Waals surface area (Å²) in [5.74, 6) is 5.48. The van der Waals surface area contributed by atoms with Crippen molar-refractivity contribution in [1.82, 2.24) is 4.57 Å². The predicted octanol–water partition coefficient (Wildman–Crippen LogP) is 2.85. The third-order valence-corrected chi connectivity index (χ3v) is 5.09. The molecule has 5 nitrogen and oxygen atoms in total. The molecular weight excluding hydrogens is 366 g/mol. The van der Waals surface area contributed by atoms with Gasteiger partial charge in [-0.05, 0) is 33.3 Å². The molecule has 0 radical (unpaired) electrons. The SMILES string of the molecule is CCOC(=O)C1=C(C)Cc2c1c(C#CC(C)(O)c1cccc(C)c1)cn(C)c2=O. The Hall–Kier alpha value is -3.10. The minimum absolute atomic E-state index is 0.158. The zero-order chi connectivity index (χ0) is 21.3. The highest BCUT2D eigenvalue weighted by Gasteiger charge is 2.31. The first kappa shape index (κ1) is 20.6. The molecule has 3 rings (SSSR count). The lowest BCUT2D eigenvalue weighted by Crippen LogP contribution is -2.23. The maximum absolute atomic E-state index is 12.6. The zero-order valence-corrected chi connectivity index (χ0v) is 17.4. The number of hydrogen-bond acceptors (Lipinski definition) is 4. The summed E-state index contributed by atoms with van der Waals surface area (Å²) in [6, 6.07) is 7.52. The van der Waals surface area contributed by atoms with Crippen LogP contribution in [0.1, 0.15) is 48.6 Å². The van der Waals surface area contributed by atoms with Gasteiger partial charge in [0.1, 0.15) is 5.60 Å². The standard InChI is InChI=1S/C24H25NO4/c1-6-29-23(27)20-16(3)13-19-21(20)17(14-25(5)22(19)26)10-11-24(4,28)18-9-7-8-15(2)12-18/h7-9,12,14,28H,6,13H2,1-5H3. The first-order valence-electron chi connectivity index (χ1n) is 9.58. The quantitative estimate of drug-likeness (QED) is 0.645. The number of benzene rings is 1. The number of aromatic nitrogens is 1. The predicted molar refractivity (Wildman–Crippen MR) is 112 cm³/mol. The molecule has 1 aliphatic rings. The molecule has 1 heterocycles. The summed E-state index contributed by atoms with van der Waals surface area (Å²) < 4.78 is 6.67. The van der Waals surface area contributed by atoms with E-state index in [2.05, 4.69) is 11.8 Å². The fourth-order valence-corrected chi connectivity index (χ4v) is 3.60. The number of aryl methyl sites for hydroxylation is 2. The largest absolute Gasteiger partial charge is 0.462 e. The average Bonchev–Trinajstić information content (AvgIpc) is 3.01. The highest BCUT2D eigenvalue weighted by Crippen LogP contribution is 2.34. The number of esters is 1. The Morgan fingerprint density at radius 1 is 1.34 bits per heavy atom. The molecule has 0 spiro atoms. The van der Waals surface area contributed by atoms with E-state index in [4.69, 9.17) is 4.74 Å². The van der Waals surface area contributed by atoms with E-state index in [9.17, 15) is 14.7 Å². The van der Waals surface area contributed by atoms with E-state index < -0.39 is 11.6 Å². The molecule has 0 fully saturated rings. The van der Waals surface area contributed by atoms with Crippen LogP contribution in [0.15, 0.2) is 40.8 Å². The van der Waals surface area contributed by atoms with E-state index in [-0.39, 0.29) is 12.2 Å². The highest BCUT2D eigenvalue weighted by atomic mass is 16.5. The van der Waals surface area contributed by atoms with Crippen molar-refractivity contribution in [1.29, 1.82) is 0 Å². The molecule has 1 aliphatic carbocycles. The lowest BCUT2D eigenvalue weighted by molar-refractivity contribution is -0.136. The van der Waals surface area contributed by atoms with Gasteiger partial charge in [-0.3, -0.25) is 4.79 Å². The van der Waals surface area contributed by atoms with Crippen LogP contribution in [0.25, 0.3) is 5.57 Å². The minimum Gasteiger partial charge on any atom is -0.462 e. The molecule has 1 unspecified atom stereocenters. The normalized spacial score (nSPS) is 14.7. The van der Waals surface area contributed by atoms with E-state index in [1.54, 1.807) is 27.1 Å². The molecule has 2 aromatic rings. The van der Waals surface area contributed by atoms with Crippen molar-refractivity contribution < 1.29 is 14.6 Å². The molecule has 0 amide bonds. The Balaban J connectivity index is 2.15. The lowest BCUT2D eigenvalue weighted by Gasteiger charge is -2.17. The smallest absolute Gasteiger partial charge is 0.338 e. The van der Waals surface area contributed by atoms with Gasteiger partial charge in [-0.2, -0.15) is 0 Å². The molecule has 1 N–H and O–H groups in total. The minimum atomic E-state index is -1.38. The van der Waals surface area contributed by atoms with Gasteiger partial charge in [0.25, 0.3) is 5.56 Å². The summed E-state index contributed by atoms with van der Waals surface area (Å²) in [6.07, 6.45) is 2.00. The van der Waals surface area contributed by atoms with Gasteiger partial charge < -0.3 is 14.4 Å². The van der Waals surface area contributed by atoms with Crippen molar-refractivity contribution >= 4 is 11.5 Å². The van der Waals surface area contributed by atoms with Gasteiger partial charge in [-0.1, -0.05) is 47.2 Å². The Kier molecular flexibility index (Phi) is 5.50. The van der Waals surface area contributed by atoms with Crippen LogP contribution in [0.2, 0.25) is 0 Å². The fraction of sp³-hybridized carbons (Fsp3) is 0.333. The van der Waals surface area contributed by atoms with E-state index in [0.717, 1.165) is 11.1 Å². The summed E-state index contributed by atoms with van der Waals surface area (Å²) in [5, 5.41) is 10.9. The number of pyridine rings is 1. The molecule has 0 aliphatic heterocycles. The lowest BCUT2D eigenvalue weighted by atomic mass is 9.94.